The third-order valence-electron chi connectivity index (χ3n) is 4.31. The van der Waals surface area contributed by atoms with Crippen molar-refractivity contribution in [3.63, 3.8) is 0 Å². The van der Waals surface area contributed by atoms with Gasteiger partial charge in [0.25, 0.3) is 0 Å². The van der Waals surface area contributed by atoms with Crippen LogP contribution in [0.25, 0.3) is 22.0 Å². The van der Waals surface area contributed by atoms with Crippen molar-refractivity contribution in [2.24, 2.45) is 5.10 Å². The van der Waals surface area contributed by atoms with E-state index in [2.05, 4.69) is 27.6 Å². The van der Waals surface area contributed by atoms with Gasteiger partial charge in [-0.25, -0.2) is 4.98 Å². The Morgan fingerprint density at radius 1 is 0.929 bits per heavy atom. The van der Waals surface area contributed by atoms with Gasteiger partial charge >= 0.3 is 0 Å². The molecule has 0 aliphatic carbocycles. The van der Waals surface area contributed by atoms with Crippen LogP contribution >= 0.6 is 11.3 Å². The molecule has 0 aliphatic heterocycles. The average molecular weight is 389 g/mol. The molecule has 0 amide bonds. The minimum Gasteiger partial charge on any atom is -0.497 e. The smallest absolute Gasteiger partial charge is 0.203 e. The first-order valence-corrected chi connectivity index (χ1v) is 9.60. The highest BCUT2D eigenvalue weighted by atomic mass is 32.1. The zero-order valence-electron chi connectivity index (χ0n) is 15.5. The summed E-state index contributed by atoms with van der Waals surface area (Å²) in [4.78, 5) is 4.58. The Labute approximate surface area is 167 Å². The van der Waals surface area contributed by atoms with Crippen molar-refractivity contribution < 1.29 is 9.47 Å². The van der Waals surface area contributed by atoms with Gasteiger partial charge in [0.15, 0.2) is 0 Å². The maximum Gasteiger partial charge on any atom is 0.203 e. The molecule has 6 heteroatoms. The number of methoxy groups -OCH3 is 2. The molecule has 4 rings (SSSR count). The molecule has 1 heterocycles. The number of nitrogens with zero attached hydrogens (tertiary/aromatic N) is 2. The molecule has 0 bridgehead atoms. The summed E-state index contributed by atoms with van der Waals surface area (Å²) in [5, 5.41) is 9.32. The molecule has 4 aromatic rings. The van der Waals surface area contributed by atoms with Gasteiger partial charge in [0.1, 0.15) is 11.5 Å². The summed E-state index contributed by atoms with van der Waals surface area (Å²) in [6, 6.07) is 20.0. The Kier molecular flexibility index (Phi) is 5.21. The first-order chi connectivity index (χ1) is 13.7. The molecule has 0 radical (unpaired) electrons. The number of hydrogen-bond acceptors (Lipinski definition) is 6. The van der Waals surface area contributed by atoms with E-state index in [9.17, 15) is 0 Å². The molecule has 0 atom stereocenters. The van der Waals surface area contributed by atoms with E-state index >= 15 is 0 Å². The zero-order valence-corrected chi connectivity index (χ0v) is 16.4. The van der Waals surface area contributed by atoms with Gasteiger partial charge in [-0.15, -0.1) is 11.3 Å². The predicted octanol–water partition coefficient (Wildman–Crippen LogP) is 5.43. The number of ether oxygens (including phenoxy) is 2. The minimum absolute atomic E-state index is 0.736. The largest absolute Gasteiger partial charge is 0.497 e. The van der Waals surface area contributed by atoms with Crippen molar-refractivity contribution in [2.45, 2.75) is 0 Å². The van der Waals surface area contributed by atoms with Crippen LogP contribution in [0.5, 0.6) is 11.5 Å². The number of benzene rings is 3. The van der Waals surface area contributed by atoms with Crippen LogP contribution in [-0.2, 0) is 0 Å². The lowest BCUT2D eigenvalue weighted by Gasteiger charge is -2.03. The normalized spacial score (nSPS) is 11.1. The first kappa shape index (κ1) is 18.0. The van der Waals surface area contributed by atoms with E-state index < -0.39 is 0 Å². The van der Waals surface area contributed by atoms with Crippen LogP contribution in [0, 0.1) is 0 Å². The number of fused-ring (bicyclic) bond motifs is 1. The van der Waals surface area contributed by atoms with Crippen molar-refractivity contribution in [3.8, 4) is 22.8 Å². The molecular formula is C22H19N3O2S. The molecule has 28 heavy (non-hydrogen) atoms. The van der Waals surface area contributed by atoms with Gasteiger partial charge in [-0.05, 0) is 46.7 Å². The number of nitrogens with one attached hydrogen (secondary N) is 1. The van der Waals surface area contributed by atoms with Crippen molar-refractivity contribution >= 4 is 33.5 Å². The van der Waals surface area contributed by atoms with E-state index in [-0.39, 0.29) is 0 Å². The molecule has 0 unspecified atom stereocenters. The van der Waals surface area contributed by atoms with Crippen LogP contribution in [0.2, 0.25) is 0 Å². The number of thiazole rings is 1. The molecule has 0 aliphatic rings. The number of hydrogen-bond donors (Lipinski definition) is 1. The van der Waals surface area contributed by atoms with Crippen molar-refractivity contribution in [3.05, 3.63) is 71.6 Å². The van der Waals surface area contributed by atoms with Gasteiger partial charge in [-0.1, -0.05) is 30.3 Å². The lowest BCUT2D eigenvalue weighted by Crippen LogP contribution is -1.91. The van der Waals surface area contributed by atoms with Crippen LogP contribution in [0.1, 0.15) is 5.56 Å². The minimum atomic E-state index is 0.736. The SMILES string of the molecule is COc1cccc(-c2csc(N/N=C/c3ccc4cc(OC)ccc4c3)n2)c1. The standard InChI is InChI=1S/C22H19N3O2S/c1-26-19-5-3-4-18(12-19)21-14-28-22(24-21)25-23-13-15-6-7-17-11-20(27-2)9-8-16(17)10-15/h3-14H,1-2H3,(H,24,25)/b23-13+. The third kappa shape index (κ3) is 3.97. The molecule has 1 aromatic heterocycles. The average Bonchev–Trinajstić information content (AvgIpc) is 3.22. The van der Waals surface area contributed by atoms with E-state index in [1.807, 2.05) is 53.9 Å². The van der Waals surface area contributed by atoms with E-state index in [0.29, 0.717) is 0 Å². The maximum atomic E-state index is 5.27. The van der Waals surface area contributed by atoms with Crippen LogP contribution in [0.4, 0.5) is 5.13 Å². The van der Waals surface area contributed by atoms with Gasteiger partial charge < -0.3 is 9.47 Å². The topological polar surface area (TPSA) is 55.7 Å². The fourth-order valence-electron chi connectivity index (χ4n) is 2.85. The summed E-state index contributed by atoms with van der Waals surface area (Å²) in [7, 11) is 3.33. The van der Waals surface area contributed by atoms with Crippen molar-refractivity contribution in [2.75, 3.05) is 19.6 Å². The molecular weight excluding hydrogens is 370 g/mol. The van der Waals surface area contributed by atoms with Gasteiger partial charge in [0, 0.05) is 10.9 Å². The monoisotopic (exact) mass is 389 g/mol. The Morgan fingerprint density at radius 2 is 1.71 bits per heavy atom. The number of anilines is 1. The van der Waals surface area contributed by atoms with Crippen LogP contribution in [-0.4, -0.2) is 25.4 Å². The van der Waals surface area contributed by atoms with E-state index in [1.165, 1.54) is 11.3 Å². The third-order valence-corrected chi connectivity index (χ3v) is 5.06. The first-order valence-electron chi connectivity index (χ1n) is 8.72. The molecule has 0 saturated carbocycles. The quantitative estimate of drug-likeness (QED) is 0.353. The van der Waals surface area contributed by atoms with Crippen LogP contribution < -0.4 is 14.9 Å². The highest BCUT2D eigenvalue weighted by Crippen LogP contribution is 2.27. The highest BCUT2D eigenvalue weighted by molar-refractivity contribution is 7.14. The van der Waals surface area contributed by atoms with Gasteiger partial charge in [-0.3, -0.25) is 5.43 Å². The summed E-state index contributed by atoms with van der Waals surface area (Å²) < 4.78 is 10.5. The summed E-state index contributed by atoms with van der Waals surface area (Å²) in [6.07, 6.45) is 1.79. The lowest BCUT2D eigenvalue weighted by atomic mass is 10.1. The second-order valence-corrected chi connectivity index (χ2v) is 6.97. The summed E-state index contributed by atoms with van der Waals surface area (Å²) in [6.45, 7) is 0. The summed E-state index contributed by atoms with van der Waals surface area (Å²) >= 11 is 1.51. The van der Waals surface area contributed by atoms with Crippen LogP contribution in [0.15, 0.2) is 71.1 Å². The predicted molar refractivity (Wildman–Crippen MR) is 116 cm³/mol. The number of rotatable bonds is 6. The zero-order chi connectivity index (χ0) is 19.3. The Bertz CT molecular complexity index is 1140. The Morgan fingerprint density at radius 3 is 2.57 bits per heavy atom. The summed E-state index contributed by atoms with van der Waals surface area (Å²) in [5.74, 6) is 1.66. The van der Waals surface area contributed by atoms with Gasteiger partial charge in [-0.2, -0.15) is 5.10 Å². The molecule has 0 spiro atoms. The molecule has 0 saturated heterocycles. The van der Waals surface area contributed by atoms with Crippen molar-refractivity contribution in [1.29, 1.82) is 0 Å². The Hall–Kier alpha value is -3.38. The molecule has 0 fully saturated rings. The van der Waals surface area contributed by atoms with E-state index in [0.717, 1.165) is 44.2 Å². The summed E-state index contributed by atoms with van der Waals surface area (Å²) in [5.41, 5.74) is 5.91. The van der Waals surface area contributed by atoms with Gasteiger partial charge in [0.05, 0.1) is 26.1 Å². The second-order valence-electron chi connectivity index (χ2n) is 6.11. The van der Waals surface area contributed by atoms with Crippen molar-refractivity contribution in [1.82, 2.24) is 4.98 Å². The number of hydrazone groups is 1. The molecule has 5 nitrogen and oxygen atoms in total. The van der Waals surface area contributed by atoms with Crippen LogP contribution in [0.3, 0.4) is 0 Å². The Balaban J connectivity index is 1.46. The molecule has 1 N–H and O–H groups in total. The lowest BCUT2D eigenvalue weighted by molar-refractivity contribution is 0.415. The van der Waals surface area contributed by atoms with Gasteiger partial charge in [0.2, 0.25) is 5.13 Å². The molecule has 3 aromatic carbocycles. The fourth-order valence-corrected chi connectivity index (χ4v) is 3.52. The molecule has 140 valence electrons. The fraction of sp³-hybridized carbons (Fsp3) is 0.0909. The highest BCUT2D eigenvalue weighted by Gasteiger charge is 2.05. The van der Waals surface area contributed by atoms with E-state index in [1.54, 1.807) is 20.4 Å². The van der Waals surface area contributed by atoms with E-state index in [4.69, 9.17) is 9.47 Å². The second kappa shape index (κ2) is 8.10. The number of aromatic nitrogens is 1. The maximum absolute atomic E-state index is 5.27.